The van der Waals surface area contributed by atoms with E-state index in [1.807, 2.05) is 0 Å². The number of hydrogen-bond donors (Lipinski definition) is 3. The maximum absolute atomic E-state index is 13.8. The summed E-state index contributed by atoms with van der Waals surface area (Å²) in [6.45, 7) is 1.78. The van der Waals surface area contributed by atoms with Crippen molar-refractivity contribution in [2.75, 3.05) is 0 Å². The molecule has 1 saturated heterocycles. The first-order chi connectivity index (χ1) is 13.0. The lowest BCUT2D eigenvalue weighted by Gasteiger charge is -2.45. The molecule has 5 nitrogen and oxygen atoms in total. The predicted molar refractivity (Wildman–Crippen MR) is 95.9 cm³/mol. The Bertz CT molecular complexity index is 900. The number of halogens is 4. The molecule has 3 rings (SSSR count). The van der Waals surface area contributed by atoms with Gasteiger partial charge in [-0.1, -0.05) is 41.4 Å². The molecule has 1 fully saturated rings. The highest BCUT2D eigenvalue weighted by molar-refractivity contribution is 6.30. The average Bonchev–Trinajstić information content (AvgIpc) is 2.61. The summed E-state index contributed by atoms with van der Waals surface area (Å²) in [5.74, 6) is -3.05. The number of aryl methyl sites for hydroxylation is 1. The van der Waals surface area contributed by atoms with Crippen molar-refractivity contribution in [2.24, 2.45) is 5.92 Å². The molecule has 9 heteroatoms. The van der Waals surface area contributed by atoms with Crippen LogP contribution in [-0.2, 0) is 0 Å². The van der Waals surface area contributed by atoms with Crippen LogP contribution in [0.3, 0.4) is 0 Å². The van der Waals surface area contributed by atoms with E-state index in [9.17, 15) is 27.9 Å². The molecule has 0 aliphatic carbocycles. The van der Waals surface area contributed by atoms with Gasteiger partial charge in [0.2, 0.25) is 5.72 Å². The van der Waals surface area contributed by atoms with Crippen molar-refractivity contribution < 1.29 is 27.9 Å². The molecule has 0 unspecified atom stereocenters. The van der Waals surface area contributed by atoms with Crippen molar-refractivity contribution in [1.29, 1.82) is 0 Å². The Morgan fingerprint density at radius 2 is 1.68 bits per heavy atom. The third-order valence-corrected chi connectivity index (χ3v) is 4.91. The summed E-state index contributed by atoms with van der Waals surface area (Å²) in [4.78, 5) is 25.0. The molecule has 3 N–H and O–H groups in total. The Kier molecular flexibility index (Phi) is 5.12. The number of aliphatic hydroxyl groups is 1. The molecule has 0 aromatic heterocycles. The van der Waals surface area contributed by atoms with Crippen molar-refractivity contribution in [3.05, 3.63) is 70.2 Å². The van der Waals surface area contributed by atoms with Gasteiger partial charge in [-0.25, -0.2) is 4.79 Å². The minimum absolute atomic E-state index is 0.0767. The number of carbonyl (C=O) groups excluding carboxylic acids is 2. The van der Waals surface area contributed by atoms with Crippen molar-refractivity contribution in [2.45, 2.75) is 24.9 Å². The smallest absolute Gasteiger partial charge is 0.363 e. The van der Waals surface area contributed by atoms with E-state index in [1.54, 1.807) is 19.1 Å². The van der Waals surface area contributed by atoms with E-state index in [4.69, 9.17) is 11.6 Å². The van der Waals surface area contributed by atoms with Gasteiger partial charge in [0.05, 0.1) is 6.04 Å². The summed E-state index contributed by atoms with van der Waals surface area (Å²) < 4.78 is 41.3. The molecule has 2 aromatic rings. The molecule has 0 spiro atoms. The quantitative estimate of drug-likeness (QED) is 0.672. The van der Waals surface area contributed by atoms with Crippen LogP contribution in [0, 0.1) is 12.8 Å². The molecule has 0 bridgehead atoms. The fourth-order valence-electron chi connectivity index (χ4n) is 3.18. The second kappa shape index (κ2) is 7.10. The van der Waals surface area contributed by atoms with Crippen molar-refractivity contribution in [3.8, 4) is 0 Å². The Morgan fingerprint density at radius 3 is 2.21 bits per heavy atom. The van der Waals surface area contributed by atoms with Gasteiger partial charge in [0.1, 0.15) is 5.92 Å². The maximum Gasteiger partial charge on any atom is 0.437 e. The summed E-state index contributed by atoms with van der Waals surface area (Å²) in [5, 5.41) is 14.6. The molecule has 28 heavy (non-hydrogen) atoms. The molecule has 2 aromatic carbocycles. The highest BCUT2D eigenvalue weighted by Gasteiger charge is 2.66. The second-order valence-corrected chi connectivity index (χ2v) is 7.04. The van der Waals surface area contributed by atoms with Crippen LogP contribution in [0.4, 0.5) is 18.0 Å². The molecular formula is C19H16ClF3N2O3. The first kappa shape index (κ1) is 20.2. The molecular weight excluding hydrogens is 397 g/mol. The van der Waals surface area contributed by atoms with Gasteiger partial charge in [-0.3, -0.25) is 4.79 Å². The first-order valence-corrected chi connectivity index (χ1v) is 8.65. The Labute approximate surface area is 163 Å². The van der Waals surface area contributed by atoms with Crippen molar-refractivity contribution in [3.63, 3.8) is 0 Å². The largest absolute Gasteiger partial charge is 0.437 e. The van der Waals surface area contributed by atoms with Crippen LogP contribution in [0.15, 0.2) is 48.5 Å². The van der Waals surface area contributed by atoms with Gasteiger partial charge >= 0.3 is 12.2 Å². The summed E-state index contributed by atoms with van der Waals surface area (Å²) >= 11 is 5.78. The fraction of sp³-hybridized carbons (Fsp3) is 0.263. The highest BCUT2D eigenvalue weighted by Crippen LogP contribution is 2.44. The summed E-state index contributed by atoms with van der Waals surface area (Å²) in [6.07, 6.45) is -5.29. The summed E-state index contributed by atoms with van der Waals surface area (Å²) in [7, 11) is 0. The third kappa shape index (κ3) is 3.57. The standard InChI is InChI=1S/C19H16ClF3N2O3/c1-10-2-4-11(5-3-10)15-14(16(26)12-6-8-13(20)9-7-12)18(28,19(21,22)23)25-17(27)24-15/h2-9,14-15,28H,1H3,(H2,24,25,27)/t14-,15+,18+/m0/s1. The zero-order valence-corrected chi connectivity index (χ0v) is 15.3. The second-order valence-electron chi connectivity index (χ2n) is 6.60. The third-order valence-electron chi connectivity index (χ3n) is 4.65. The van der Waals surface area contributed by atoms with E-state index in [2.05, 4.69) is 5.32 Å². The van der Waals surface area contributed by atoms with Gasteiger partial charge in [0, 0.05) is 10.6 Å². The van der Waals surface area contributed by atoms with Crippen LogP contribution in [-0.4, -0.2) is 28.8 Å². The van der Waals surface area contributed by atoms with Crippen molar-refractivity contribution in [1.82, 2.24) is 10.6 Å². The number of rotatable bonds is 3. The topological polar surface area (TPSA) is 78.4 Å². The van der Waals surface area contributed by atoms with Gasteiger partial charge in [-0.2, -0.15) is 13.2 Å². The molecule has 1 aliphatic heterocycles. The number of nitrogens with one attached hydrogen (secondary N) is 2. The number of alkyl halides is 3. The van der Waals surface area contributed by atoms with Crippen LogP contribution in [0.25, 0.3) is 0 Å². The average molecular weight is 413 g/mol. The molecule has 1 aliphatic rings. The Balaban J connectivity index is 2.15. The van der Waals surface area contributed by atoms with Crippen LogP contribution in [0.2, 0.25) is 5.02 Å². The minimum atomic E-state index is -5.29. The lowest BCUT2D eigenvalue weighted by Crippen LogP contribution is -2.72. The SMILES string of the molecule is Cc1ccc([C@H]2NC(=O)N[C@](O)(C(F)(F)F)[C@@H]2C(=O)c2ccc(Cl)cc2)cc1. The first-order valence-electron chi connectivity index (χ1n) is 8.27. The predicted octanol–water partition coefficient (Wildman–Crippen LogP) is 3.75. The number of benzene rings is 2. The van der Waals surface area contributed by atoms with Gasteiger partial charge in [-0.05, 0) is 36.8 Å². The normalized spacial score (nSPS) is 25.0. The number of Topliss-reactive ketones (excluding diaryl/α,β-unsaturated/α-hetero) is 1. The van der Waals surface area contributed by atoms with E-state index in [1.165, 1.54) is 41.7 Å². The number of urea groups is 1. The lowest BCUT2D eigenvalue weighted by molar-refractivity contribution is -0.287. The molecule has 1 heterocycles. The number of carbonyl (C=O) groups is 2. The van der Waals surface area contributed by atoms with E-state index in [0.717, 1.165) is 5.56 Å². The molecule has 0 radical (unpaired) electrons. The van der Waals surface area contributed by atoms with Gasteiger partial charge in [0.25, 0.3) is 0 Å². The van der Waals surface area contributed by atoms with E-state index in [-0.39, 0.29) is 11.1 Å². The molecule has 0 saturated carbocycles. The fourth-order valence-corrected chi connectivity index (χ4v) is 3.31. The van der Waals surface area contributed by atoms with Gasteiger partial charge in [-0.15, -0.1) is 0 Å². The van der Waals surface area contributed by atoms with E-state index in [0.29, 0.717) is 5.02 Å². The maximum atomic E-state index is 13.8. The van der Waals surface area contributed by atoms with Gasteiger partial charge in [0.15, 0.2) is 5.78 Å². The van der Waals surface area contributed by atoms with Crippen LogP contribution >= 0.6 is 11.6 Å². The minimum Gasteiger partial charge on any atom is -0.363 e. The summed E-state index contributed by atoms with van der Waals surface area (Å²) in [6, 6.07) is 8.91. The summed E-state index contributed by atoms with van der Waals surface area (Å²) in [5.41, 5.74) is -2.72. The van der Waals surface area contributed by atoms with E-state index < -0.39 is 35.7 Å². The number of hydrogen-bond acceptors (Lipinski definition) is 3. The monoisotopic (exact) mass is 412 g/mol. The number of ketones is 1. The van der Waals surface area contributed by atoms with Crippen LogP contribution in [0.1, 0.15) is 27.5 Å². The molecule has 3 atom stereocenters. The van der Waals surface area contributed by atoms with E-state index >= 15 is 0 Å². The molecule has 2 amide bonds. The van der Waals surface area contributed by atoms with Crippen LogP contribution < -0.4 is 10.6 Å². The van der Waals surface area contributed by atoms with Crippen LogP contribution in [0.5, 0.6) is 0 Å². The number of amides is 2. The Hall–Kier alpha value is -2.58. The van der Waals surface area contributed by atoms with Crippen molar-refractivity contribution >= 4 is 23.4 Å². The molecule has 148 valence electrons. The van der Waals surface area contributed by atoms with Gasteiger partial charge < -0.3 is 15.7 Å². The zero-order chi connectivity index (χ0) is 20.7. The lowest BCUT2D eigenvalue weighted by atomic mass is 9.77. The highest BCUT2D eigenvalue weighted by atomic mass is 35.5. The zero-order valence-electron chi connectivity index (χ0n) is 14.5. The Morgan fingerprint density at radius 1 is 1.11 bits per heavy atom.